The third kappa shape index (κ3) is 3.24. The molecule has 0 saturated carbocycles. The number of benzene rings is 1. The number of methoxy groups -OCH3 is 2. The molecule has 23 heavy (non-hydrogen) atoms. The van der Waals surface area contributed by atoms with Crippen LogP contribution in [0.4, 0.5) is 4.39 Å². The second-order valence-electron chi connectivity index (χ2n) is 4.40. The first-order valence-corrected chi connectivity index (χ1v) is 6.65. The third-order valence-corrected chi connectivity index (χ3v) is 3.34. The molecule has 1 heterocycles. The summed E-state index contributed by atoms with van der Waals surface area (Å²) >= 11 is 5.62. The van der Waals surface area contributed by atoms with Gasteiger partial charge in [-0.25, -0.2) is 14.0 Å². The molecule has 0 fully saturated rings. The van der Waals surface area contributed by atoms with Gasteiger partial charge in [0.25, 0.3) is 0 Å². The van der Waals surface area contributed by atoms with Crippen molar-refractivity contribution in [2.45, 2.75) is 0 Å². The Hall–Kier alpha value is -2.67. The molecule has 0 radical (unpaired) electrons. The van der Waals surface area contributed by atoms with Crippen molar-refractivity contribution in [3.63, 3.8) is 0 Å². The number of rotatable bonds is 3. The molecule has 2 rings (SSSR count). The van der Waals surface area contributed by atoms with Gasteiger partial charge in [-0.1, -0.05) is 11.6 Å². The van der Waals surface area contributed by atoms with E-state index in [2.05, 4.69) is 9.47 Å². The molecular weight excluding hydrogens is 329 g/mol. The van der Waals surface area contributed by atoms with Gasteiger partial charge in [0, 0.05) is 18.1 Å². The van der Waals surface area contributed by atoms with E-state index in [-0.39, 0.29) is 21.8 Å². The molecule has 0 saturated heterocycles. The molecule has 1 aromatic heterocycles. The Morgan fingerprint density at radius 1 is 1.09 bits per heavy atom. The van der Waals surface area contributed by atoms with Gasteiger partial charge >= 0.3 is 11.9 Å². The van der Waals surface area contributed by atoms with Crippen molar-refractivity contribution in [2.24, 2.45) is 0 Å². The summed E-state index contributed by atoms with van der Waals surface area (Å²) in [7, 11) is 2.19. The maximum absolute atomic E-state index is 13.6. The summed E-state index contributed by atoms with van der Waals surface area (Å²) in [6.07, 6.45) is 2.28. The first-order valence-electron chi connectivity index (χ1n) is 6.27. The van der Waals surface area contributed by atoms with Crippen LogP contribution in [0.25, 0.3) is 5.69 Å². The van der Waals surface area contributed by atoms with Crippen LogP contribution in [-0.2, 0) is 9.47 Å². The standard InChI is InChI=1S/C15H11ClFNO5/c1-22-14(20)9-6-18(7-10(13(9)19)15(21)23-2)8-3-4-11(16)12(17)5-8/h3-7H,1-2H3. The van der Waals surface area contributed by atoms with Crippen molar-refractivity contribution < 1.29 is 23.5 Å². The molecule has 0 aliphatic carbocycles. The highest BCUT2D eigenvalue weighted by Gasteiger charge is 2.20. The van der Waals surface area contributed by atoms with Crippen molar-refractivity contribution >= 4 is 23.5 Å². The van der Waals surface area contributed by atoms with Crippen molar-refractivity contribution in [2.75, 3.05) is 14.2 Å². The van der Waals surface area contributed by atoms with Crippen LogP contribution in [0.2, 0.25) is 5.02 Å². The number of carbonyl (C=O) groups is 2. The second kappa shape index (κ2) is 6.62. The minimum absolute atomic E-state index is 0.0869. The zero-order valence-electron chi connectivity index (χ0n) is 12.1. The molecule has 6 nitrogen and oxygen atoms in total. The molecule has 8 heteroatoms. The highest BCUT2D eigenvalue weighted by Crippen LogP contribution is 2.19. The summed E-state index contributed by atoms with van der Waals surface area (Å²) in [6, 6.07) is 3.85. The first-order chi connectivity index (χ1) is 10.9. The highest BCUT2D eigenvalue weighted by molar-refractivity contribution is 6.30. The van der Waals surface area contributed by atoms with Gasteiger partial charge in [-0.2, -0.15) is 0 Å². The number of pyridine rings is 1. The quantitative estimate of drug-likeness (QED) is 0.801. The third-order valence-electron chi connectivity index (χ3n) is 3.04. The van der Waals surface area contributed by atoms with E-state index in [0.29, 0.717) is 0 Å². The maximum Gasteiger partial charge on any atom is 0.343 e. The largest absolute Gasteiger partial charge is 0.465 e. The average molecular weight is 340 g/mol. The van der Waals surface area contributed by atoms with Gasteiger partial charge in [-0.15, -0.1) is 0 Å². The smallest absolute Gasteiger partial charge is 0.343 e. The Morgan fingerprint density at radius 3 is 2.04 bits per heavy atom. The summed E-state index contributed by atoms with van der Waals surface area (Å²) in [4.78, 5) is 35.6. The Labute approximate surface area is 135 Å². The lowest BCUT2D eigenvalue weighted by Crippen LogP contribution is -2.25. The second-order valence-corrected chi connectivity index (χ2v) is 4.81. The van der Waals surface area contributed by atoms with Gasteiger partial charge in [-0.3, -0.25) is 4.79 Å². The number of nitrogens with zero attached hydrogens (tertiary/aromatic N) is 1. The predicted molar refractivity (Wildman–Crippen MR) is 79.7 cm³/mol. The summed E-state index contributed by atoms with van der Waals surface area (Å²) in [5, 5.41) is -0.0869. The molecule has 2 aromatic rings. The van der Waals surface area contributed by atoms with Gasteiger partial charge in [0.2, 0.25) is 5.43 Å². The monoisotopic (exact) mass is 339 g/mol. The van der Waals surface area contributed by atoms with Gasteiger partial charge in [0.15, 0.2) is 0 Å². The number of ether oxygens (including phenoxy) is 2. The number of esters is 2. The van der Waals surface area contributed by atoms with Crippen molar-refractivity contribution in [3.05, 3.63) is 62.8 Å². The maximum atomic E-state index is 13.6. The topological polar surface area (TPSA) is 74.6 Å². The van der Waals surface area contributed by atoms with Crippen LogP contribution in [0.3, 0.4) is 0 Å². The van der Waals surface area contributed by atoms with Gasteiger partial charge < -0.3 is 14.0 Å². The van der Waals surface area contributed by atoms with E-state index in [1.54, 1.807) is 0 Å². The average Bonchev–Trinajstić information content (AvgIpc) is 2.56. The van der Waals surface area contributed by atoms with E-state index in [1.807, 2.05) is 0 Å². The van der Waals surface area contributed by atoms with E-state index < -0.39 is 23.2 Å². The summed E-state index contributed by atoms with van der Waals surface area (Å²) in [5.74, 6) is -2.55. The van der Waals surface area contributed by atoms with E-state index in [0.717, 1.165) is 32.7 Å². The number of hydrogen-bond acceptors (Lipinski definition) is 5. The fourth-order valence-corrected chi connectivity index (χ4v) is 2.00. The van der Waals surface area contributed by atoms with Crippen molar-refractivity contribution in [3.8, 4) is 5.69 Å². The van der Waals surface area contributed by atoms with Crippen LogP contribution < -0.4 is 5.43 Å². The lowest BCUT2D eigenvalue weighted by molar-refractivity contribution is 0.0595. The Bertz CT molecular complexity index is 806. The number of aromatic nitrogens is 1. The molecule has 0 unspecified atom stereocenters. The van der Waals surface area contributed by atoms with Crippen LogP contribution in [0.1, 0.15) is 20.7 Å². The molecule has 0 N–H and O–H groups in total. The van der Waals surface area contributed by atoms with Crippen LogP contribution in [0, 0.1) is 5.82 Å². The lowest BCUT2D eigenvalue weighted by Gasteiger charge is -2.11. The molecule has 1 aromatic carbocycles. The summed E-state index contributed by atoms with van der Waals surface area (Å²) in [6.45, 7) is 0. The van der Waals surface area contributed by atoms with E-state index >= 15 is 0 Å². The number of hydrogen-bond donors (Lipinski definition) is 0. The molecule has 120 valence electrons. The molecule has 0 bridgehead atoms. The summed E-state index contributed by atoms with van der Waals surface area (Å²) < 4.78 is 23.9. The molecule has 0 atom stereocenters. The van der Waals surface area contributed by atoms with Crippen molar-refractivity contribution in [1.82, 2.24) is 4.57 Å². The SMILES string of the molecule is COC(=O)c1cn(-c2ccc(Cl)c(F)c2)cc(C(=O)OC)c1=O. The zero-order valence-corrected chi connectivity index (χ0v) is 12.9. The Morgan fingerprint density at radius 2 is 1.61 bits per heavy atom. The van der Waals surface area contributed by atoms with Crippen molar-refractivity contribution in [1.29, 1.82) is 0 Å². The summed E-state index contributed by atoms with van der Waals surface area (Å²) in [5.41, 5.74) is -1.35. The van der Waals surface area contributed by atoms with Gasteiger partial charge in [-0.05, 0) is 18.2 Å². The predicted octanol–water partition coefficient (Wildman–Crippen LogP) is 2.20. The Balaban J connectivity index is 2.73. The van der Waals surface area contributed by atoms with Crippen LogP contribution in [-0.4, -0.2) is 30.7 Å². The molecule has 0 amide bonds. The van der Waals surface area contributed by atoms with E-state index in [4.69, 9.17) is 11.6 Å². The first kappa shape index (κ1) is 16.7. The van der Waals surface area contributed by atoms with E-state index in [9.17, 15) is 18.8 Å². The minimum Gasteiger partial charge on any atom is -0.465 e. The minimum atomic E-state index is -0.927. The Kier molecular flexibility index (Phi) is 4.80. The number of carbonyl (C=O) groups excluding carboxylic acids is 2. The fraction of sp³-hybridized carbons (Fsp3) is 0.133. The fourth-order valence-electron chi connectivity index (χ4n) is 1.88. The van der Waals surface area contributed by atoms with Crippen LogP contribution >= 0.6 is 11.6 Å². The zero-order chi connectivity index (χ0) is 17.1. The molecule has 0 aliphatic rings. The molecular formula is C15H11ClFNO5. The van der Waals surface area contributed by atoms with E-state index in [1.165, 1.54) is 16.7 Å². The van der Waals surface area contributed by atoms with Crippen LogP contribution in [0.15, 0.2) is 35.4 Å². The van der Waals surface area contributed by atoms with Gasteiger partial charge in [0.05, 0.1) is 19.2 Å². The molecule has 0 spiro atoms. The lowest BCUT2D eigenvalue weighted by atomic mass is 10.1. The number of halogens is 2. The normalized spacial score (nSPS) is 10.3. The highest BCUT2D eigenvalue weighted by atomic mass is 35.5. The van der Waals surface area contributed by atoms with Crippen LogP contribution in [0.5, 0.6) is 0 Å². The molecule has 0 aliphatic heterocycles. The van der Waals surface area contributed by atoms with Gasteiger partial charge in [0.1, 0.15) is 16.9 Å².